The molecule has 6 heteroatoms. The molecule has 134 valence electrons. The van der Waals surface area contributed by atoms with Crippen LogP contribution >= 0.6 is 0 Å². The van der Waals surface area contributed by atoms with Crippen LogP contribution < -0.4 is 5.32 Å². The summed E-state index contributed by atoms with van der Waals surface area (Å²) in [5, 5.41) is 4.52. The molecule has 3 heterocycles. The first kappa shape index (κ1) is 16.0. The standard InChI is InChI=1S/C21H18N4O2/c1-27-21(26)17-10-13-12-6-2-3-7-14(12)24-19(13)20(25-17)18-11-22-15-8-4-5-9-16(15)23-18/h2-9,11,17,20,24-25H,10H2,1H3. The zero-order chi connectivity index (χ0) is 18.4. The Kier molecular flexibility index (Phi) is 3.65. The molecular formula is C21H18N4O2. The van der Waals surface area contributed by atoms with Crippen LogP contribution in [0, 0.1) is 0 Å². The number of esters is 1. The third-order valence-corrected chi connectivity index (χ3v) is 5.16. The molecule has 0 spiro atoms. The van der Waals surface area contributed by atoms with Crippen molar-refractivity contribution in [3.63, 3.8) is 0 Å². The first-order valence-electron chi connectivity index (χ1n) is 8.89. The molecule has 2 aromatic carbocycles. The van der Waals surface area contributed by atoms with Gasteiger partial charge in [0.15, 0.2) is 0 Å². The molecule has 2 unspecified atom stereocenters. The van der Waals surface area contributed by atoms with Crippen molar-refractivity contribution in [2.75, 3.05) is 7.11 Å². The molecule has 0 radical (unpaired) electrons. The maximum Gasteiger partial charge on any atom is 0.323 e. The monoisotopic (exact) mass is 358 g/mol. The minimum Gasteiger partial charge on any atom is -0.468 e. The Balaban J connectivity index is 1.69. The van der Waals surface area contributed by atoms with E-state index in [0.717, 1.165) is 38.9 Å². The van der Waals surface area contributed by atoms with Gasteiger partial charge in [0.25, 0.3) is 0 Å². The molecule has 2 aromatic heterocycles. The summed E-state index contributed by atoms with van der Waals surface area (Å²) in [6.45, 7) is 0. The van der Waals surface area contributed by atoms with Crippen LogP contribution in [0.15, 0.2) is 54.7 Å². The molecule has 0 saturated carbocycles. The van der Waals surface area contributed by atoms with Gasteiger partial charge in [-0.15, -0.1) is 0 Å². The molecule has 2 N–H and O–H groups in total. The Morgan fingerprint density at radius 3 is 2.74 bits per heavy atom. The third-order valence-electron chi connectivity index (χ3n) is 5.16. The van der Waals surface area contributed by atoms with Crippen LogP contribution in [0.1, 0.15) is 23.0 Å². The molecule has 2 atom stereocenters. The smallest absolute Gasteiger partial charge is 0.323 e. The number of fused-ring (bicyclic) bond motifs is 4. The molecule has 6 nitrogen and oxygen atoms in total. The van der Waals surface area contributed by atoms with E-state index in [9.17, 15) is 4.79 Å². The molecule has 27 heavy (non-hydrogen) atoms. The largest absolute Gasteiger partial charge is 0.468 e. The van der Waals surface area contributed by atoms with Gasteiger partial charge < -0.3 is 9.72 Å². The van der Waals surface area contributed by atoms with Crippen LogP contribution in [0.25, 0.3) is 21.9 Å². The van der Waals surface area contributed by atoms with Gasteiger partial charge in [-0.2, -0.15) is 0 Å². The first-order chi connectivity index (χ1) is 13.2. The van der Waals surface area contributed by atoms with Gasteiger partial charge in [-0.1, -0.05) is 30.3 Å². The van der Waals surface area contributed by atoms with Crippen molar-refractivity contribution in [3.8, 4) is 0 Å². The number of para-hydroxylation sites is 3. The number of carbonyl (C=O) groups excluding carboxylic acids is 1. The molecule has 0 amide bonds. The lowest BCUT2D eigenvalue weighted by molar-refractivity contribution is -0.143. The van der Waals surface area contributed by atoms with Gasteiger partial charge in [0, 0.05) is 23.0 Å². The summed E-state index contributed by atoms with van der Waals surface area (Å²) in [4.78, 5) is 25.1. The van der Waals surface area contributed by atoms with Crippen molar-refractivity contribution in [2.24, 2.45) is 0 Å². The second-order valence-corrected chi connectivity index (χ2v) is 6.73. The predicted molar refractivity (Wildman–Crippen MR) is 102 cm³/mol. The zero-order valence-electron chi connectivity index (χ0n) is 14.8. The van der Waals surface area contributed by atoms with Gasteiger partial charge in [0.2, 0.25) is 0 Å². The van der Waals surface area contributed by atoms with Crippen LogP contribution in [-0.4, -0.2) is 34.1 Å². The number of hydrogen-bond acceptors (Lipinski definition) is 5. The predicted octanol–water partition coefficient (Wildman–Crippen LogP) is 2.89. The minimum absolute atomic E-state index is 0.262. The summed E-state index contributed by atoms with van der Waals surface area (Å²) in [6.07, 6.45) is 2.35. The molecule has 0 saturated heterocycles. The lowest BCUT2D eigenvalue weighted by Gasteiger charge is -2.29. The summed E-state index contributed by atoms with van der Waals surface area (Å²) in [7, 11) is 1.42. The average molecular weight is 358 g/mol. The Bertz CT molecular complexity index is 1170. The van der Waals surface area contributed by atoms with Crippen LogP contribution in [-0.2, 0) is 16.0 Å². The van der Waals surface area contributed by atoms with E-state index in [1.807, 2.05) is 42.5 Å². The molecule has 0 bridgehead atoms. The van der Waals surface area contributed by atoms with E-state index in [1.54, 1.807) is 6.20 Å². The van der Waals surface area contributed by atoms with Crippen LogP contribution in [0.2, 0.25) is 0 Å². The number of nitrogens with zero attached hydrogens (tertiary/aromatic N) is 2. The fourth-order valence-electron chi connectivity index (χ4n) is 3.87. The summed E-state index contributed by atoms with van der Waals surface area (Å²) >= 11 is 0. The fraction of sp³-hybridized carbons (Fsp3) is 0.190. The Morgan fingerprint density at radius 1 is 1.11 bits per heavy atom. The van der Waals surface area contributed by atoms with Crippen LogP contribution in [0.4, 0.5) is 0 Å². The highest BCUT2D eigenvalue weighted by Crippen LogP contribution is 2.34. The van der Waals surface area contributed by atoms with Crippen molar-refractivity contribution < 1.29 is 9.53 Å². The number of H-pyrrole nitrogens is 1. The molecule has 1 aliphatic heterocycles. The second-order valence-electron chi connectivity index (χ2n) is 6.73. The van der Waals surface area contributed by atoms with Crippen molar-refractivity contribution in [3.05, 3.63) is 71.7 Å². The number of hydrogen-bond donors (Lipinski definition) is 2. The number of nitrogens with one attached hydrogen (secondary N) is 2. The molecule has 0 fully saturated rings. The topological polar surface area (TPSA) is 79.9 Å². The van der Waals surface area contributed by atoms with Crippen molar-refractivity contribution in [1.82, 2.24) is 20.3 Å². The number of aromatic amines is 1. The normalized spacial score (nSPS) is 19.1. The number of benzene rings is 2. The Labute approximate surface area is 155 Å². The fourth-order valence-corrected chi connectivity index (χ4v) is 3.87. The quantitative estimate of drug-likeness (QED) is 0.539. The number of carbonyl (C=O) groups is 1. The maximum atomic E-state index is 12.3. The summed E-state index contributed by atoms with van der Waals surface area (Å²) in [5.41, 5.74) is 5.65. The van der Waals surface area contributed by atoms with Crippen molar-refractivity contribution in [1.29, 1.82) is 0 Å². The van der Waals surface area contributed by atoms with Gasteiger partial charge in [-0.05, 0) is 23.8 Å². The molecule has 5 rings (SSSR count). The van der Waals surface area contributed by atoms with Crippen LogP contribution in [0.3, 0.4) is 0 Å². The molecule has 1 aliphatic rings. The zero-order valence-corrected chi connectivity index (χ0v) is 14.8. The van der Waals surface area contributed by atoms with Crippen LogP contribution in [0.5, 0.6) is 0 Å². The van der Waals surface area contributed by atoms with Gasteiger partial charge in [0.05, 0.1) is 36.1 Å². The van der Waals surface area contributed by atoms with Gasteiger partial charge in [0.1, 0.15) is 6.04 Å². The van der Waals surface area contributed by atoms with E-state index in [0.29, 0.717) is 6.42 Å². The van der Waals surface area contributed by atoms with Gasteiger partial charge in [-0.25, -0.2) is 4.98 Å². The lowest BCUT2D eigenvalue weighted by Crippen LogP contribution is -2.45. The summed E-state index contributed by atoms with van der Waals surface area (Å²) in [6, 6.07) is 15.2. The van der Waals surface area contributed by atoms with E-state index in [1.165, 1.54) is 7.11 Å². The number of rotatable bonds is 2. The van der Waals surface area contributed by atoms with Crippen molar-refractivity contribution in [2.45, 2.75) is 18.5 Å². The van der Waals surface area contributed by atoms with E-state index in [2.05, 4.69) is 21.4 Å². The Morgan fingerprint density at radius 2 is 1.89 bits per heavy atom. The number of methoxy groups -OCH3 is 1. The van der Waals surface area contributed by atoms with E-state index in [-0.39, 0.29) is 12.0 Å². The van der Waals surface area contributed by atoms with Crippen molar-refractivity contribution >= 4 is 27.9 Å². The van der Waals surface area contributed by atoms with E-state index < -0.39 is 6.04 Å². The highest BCUT2D eigenvalue weighted by molar-refractivity contribution is 5.87. The first-order valence-corrected chi connectivity index (χ1v) is 8.89. The lowest BCUT2D eigenvalue weighted by atomic mass is 9.92. The molecular weight excluding hydrogens is 340 g/mol. The van der Waals surface area contributed by atoms with Gasteiger partial charge >= 0.3 is 5.97 Å². The highest BCUT2D eigenvalue weighted by Gasteiger charge is 2.35. The third kappa shape index (κ3) is 2.57. The van der Waals surface area contributed by atoms with Gasteiger partial charge in [-0.3, -0.25) is 15.1 Å². The number of aromatic nitrogens is 3. The summed E-state index contributed by atoms with van der Waals surface area (Å²) in [5.74, 6) is -0.273. The average Bonchev–Trinajstić information content (AvgIpc) is 3.11. The Hall–Kier alpha value is -3.25. The maximum absolute atomic E-state index is 12.3. The molecule has 0 aliphatic carbocycles. The number of ether oxygens (including phenoxy) is 1. The van der Waals surface area contributed by atoms with E-state index >= 15 is 0 Å². The second kappa shape index (κ2) is 6.17. The molecule has 4 aromatic rings. The minimum atomic E-state index is -0.431. The summed E-state index contributed by atoms with van der Waals surface area (Å²) < 4.78 is 5.00. The van der Waals surface area contributed by atoms with E-state index in [4.69, 9.17) is 9.72 Å². The SMILES string of the molecule is COC(=O)C1Cc2c([nH]c3ccccc23)C(c2cnc3ccccc3n2)N1. The highest BCUT2D eigenvalue weighted by atomic mass is 16.5.